The van der Waals surface area contributed by atoms with Crippen LogP contribution in [0, 0.1) is 11.6 Å². The summed E-state index contributed by atoms with van der Waals surface area (Å²) in [6.45, 7) is 6.50. The molecule has 0 aliphatic heterocycles. The minimum atomic E-state index is -1.30. The standard InChI is InChI=1S/C11H14F2Si/c1-14(2,3)5-4-9-6-10(12)8-11(13)7-9/h4-8H,1-3H3/b5-4+. The summed E-state index contributed by atoms with van der Waals surface area (Å²) in [4.78, 5) is 0. The van der Waals surface area contributed by atoms with Gasteiger partial charge < -0.3 is 0 Å². The fourth-order valence-electron chi connectivity index (χ4n) is 1.02. The van der Waals surface area contributed by atoms with Crippen LogP contribution in [-0.2, 0) is 0 Å². The first kappa shape index (κ1) is 11.1. The molecule has 0 aliphatic carbocycles. The molecule has 0 amide bonds. The summed E-state index contributed by atoms with van der Waals surface area (Å²) in [6, 6.07) is 3.55. The summed E-state index contributed by atoms with van der Waals surface area (Å²) in [6.07, 6.45) is 1.79. The first-order chi connectivity index (χ1) is 6.37. The Labute approximate surface area is 84.3 Å². The van der Waals surface area contributed by atoms with Crippen LogP contribution in [0.2, 0.25) is 19.6 Å². The third-order valence-electron chi connectivity index (χ3n) is 1.66. The van der Waals surface area contributed by atoms with E-state index < -0.39 is 19.7 Å². The number of halogens is 2. The van der Waals surface area contributed by atoms with Gasteiger partial charge in [-0.1, -0.05) is 31.4 Å². The molecule has 0 saturated heterocycles. The third kappa shape index (κ3) is 3.83. The highest BCUT2D eigenvalue weighted by molar-refractivity contribution is 6.81. The third-order valence-corrected chi connectivity index (χ3v) is 2.83. The van der Waals surface area contributed by atoms with E-state index in [0.717, 1.165) is 6.07 Å². The molecule has 0 N–H and O–H groups in total. The minimum Gasteiger partial charge on any atom is -0.207 e. The van der Waals surface area contributed by atoms with Crippen molar-refractivity contribution >= 4 is 14.1 Å². The van der Waals surface area contributed by atoms with Crippen LogP contribution in [-0.4, -0.2) is 8.07 Å². The monoisotopic (exact) mass is 212 g/mol. The van der Waals surface area contributed by atoms with Crippen molar-refractivity contribution in [3.05, 3.63) is 41.1 Å². The largest absolute Gasteiger partial charge is 0.207 e. The summed E-state index contributed by atoms with van der Waals surface area (Å²) in [5.41, 5.74) is 2.64. The van der Waals surface area contributed by atoms with E-state index in [0.29, 0.717) is 5.56 Å². The zero-order valence-electron chi connectivity index (χ0n) is 8.64. The van der Waals surface area contributed by atoms with Crippen LogP contribution in [0.1, 0.15) is 5.56 Å². The molecular formula is C11H14F2Si. The maximum absolute atomic E-state index is 12.8. The lowest BCUT2D eigenvalue weighted by Crippen LogP contribution is -2.15. The lowest BCUT2D eigenvalue weighted by atomic mass is 10.2. The Morgan fingerprint density at radius 2 is 1.50 bits per heavy atom. The molecule has 14 heavy (non-hydrogen) atoms. The van der Waals surface area contributed by atoms with E-state index in [4.69, 9.17) is 0 Å². The smallest absolute Gasteiger partial charge is 0.126 e. The van der Waals surface area contributed by atoms with Crippen molar-refractivity contribution in [2.24, 2.45) is 0 Å². The zero-order chi connectivity index (χ0) is 10.8. The van der Waals surface area contributed by atoms with E-state index >= 15 is 0 Å². The van der Waals surface area contributed by atoms with Gasteiger partial charge in [-0.05, 0) is 17.7 Å². The second-order valence-electron chi connectivity index (χ2n) is 4.40. The van der Waals surface area contributed by atoms with Gasteiger partial charge in [0.2, 0.25) is 0 Å². The molecule has 0 saturated carbocycles. The molecule has 0 radical (unpaired) electrons. The molecule has 76 valence electrons. The van der Waals surface area contributed by atoms with E-state index in [9.17, 15) is 8.78 Å². The lowest BCUT2D eigenvalue weighted by molar-refractivity contribution is 0.583. The molecule has 0 nitrogen and oxygen atoms in total. The minimum absolute atomic E-state index is 0.528. The second kappa shape index (κ2) is 4.05. The summed E-state index contributed by atoms with van der Waals surface area (Å²) >= 11 is 0. The predicted octanol–water partition coefficient (Wildman–Crippen LogP) is 3.86. The molecule has 1 aromatic rings. The molecule has 3 heteroatoms. The van der Waals surface area contributed by atoms with Gasteiger partial charge >= 0.3 is 0 Å². The van der Waals surface area contributed by atoms with Crippen molar-refractivity contribution in [1.82, 2.24) is 0 Å². The summed E-state index contributed by atoms with van der Waals surface area (Å²) in [7, 11) is -1.30. The maximum Gasteiger partial charge on any atom is 0.126 e. The SMILES string of the molecule is C[Si](C)(C)/C=C/c1cc(F)cc(F)c1. The highest BCUT2D eigenvalue weighted by atomic mass is 28.3. The lowest BCUT2D eigenvalue weighted by Gasteiger charge is -2.07. The van der Waals surface area contributed by atoms with Gasteiger partial charge in [0.05, 0.1) is 8.07 Å². The number of hydrogen-bond donors (Lipinski definition) is 0. The molecular weight excluding hydrogens is 198 g/mol. The van der Waals surface area contributed by atoms with Gasteiger partial charge in [-0.3, -0.25) is 0 Å². The average Bonchev–Trinajstić information content (AvgIpc) is 1.97. The molecule has 0 fully saturated rings. The molecule has 0 aliphatic rings. The highest BCUT2D eigenvalue weighted by Gasteiger charge is 2.07. The quantitative estimate of drug-likeness (QED) is 0.653. The van der Waals surface area contributed by atoms with E-state index in [-0.39, 0.29) is 0 Å². The van der Waals surface area contributed by atoms with Gasteiger partial charge in [0, 0.05) is 6.07 Å². The van der Waals surface area contributed by atoms with Crippen molar-refractivity contribution in [3.8, 4) is 0 Å². The van der Waals surface area contributed by atoms with Crippen molar-refractivity contribution in [1.29, 1.82) is 0 Å². The number of benzene rings is 1. The van der Waals surface area contributed by atoms with Crippen LogP contribution in [0.5, 0.6) is 0 Å². The van der Waals surface area contributed by atoms with Crippen molar-refractivity contribution in [2.45, 2.75) is 19.6 Å². The van der Waals surface area contributed by atoms with Gasteiger partial charge in [0.25, 0.3) is 0 Å². The molecule has 0 atom stereocenters. The highest BCUT2D eigenvalue weighted by Crippen LogP contribution is 2.12. The summed E-state index contributed by atoms with van der Waals surface area (Å²) < 4.78 is 25.6. The second-order valence-corrected chi connectivity index (χ2v) is 9.47. The fourth-order valence-corrected chi connectivity index (χ4v) is 1.71. The average molecular weight is 212 g/mol. The summed E-state index contributed by atoms with van der Waals surface area (Å²) in [5.74, 6) is -1.06. The molecule has 1 aromatic carbocycles. The van der Waals surface area contributed by atoms with E-state index in [1.165, 1.54) is 12.1 Å². The van der Waals surface area contributed by atoms with Crippen molar-refractivity contribution in [3.63, 3.8) is 0 Å². The van der Waals surface area contributed by atoms with Crippen LogP contribution in [0.4, 0.5) is 8.78 Å². The normalized spacial score (nSPS) is 12.4. The predicted molar refractivity (Wildman–Crippen MR) is 58.7 cm³/mol. The topological polar surface area (TPSA) is 0 Å². The first-order valence-corrected chi connectivity index (χ1v) is 8.10. The van der Waals surface area contributed by atoms with Crippen LogP contribution in [0.25, 0.3) is 6.08 Å². The van der Waals surface area contributed by atoms with Crippen molar-refractivity contribution in [2.75, 3.05) is 0 Å². The first-order valence-electron chi connectivity index (χ1n) is 4.52. The molecule has 0 heterocycles. The fraction of sp³-hybridized carbons (Fsp3) is 0.273. The molecule has 0 aromatic heterocycles. The van der Waals surface area contributed by atoms with Gasteiger partial charge in [-0.25, -0.2) is 8.78 Å². The molecule has 0 unspecified atom stereocenters. The summed E-state index contributed by atoms with van der Waals surface area (Å²) in [5, 5.41) is 0. The number of hydrogen-bond acceptors (Lipinski definition) is 0. The van der Waals surface area contributed by atoms with Crippen LogP contribution < -0.4 is 0 Å². The van der Waals surface area contributed by atoms with Crippen LogP contribution in [0.3, 0.4) is 0 Å². The van der Waals surface area contributed by atoms with Gasteiger partial charge in [-0.15, -0.1) is 0 Å². The van der Waals surface area contributed by atoms with E-state index in [1.54, 1.807) is 6.08 Å². The molecule has 0 bridgehead atoms. The van der Waals surface area contributed by atoms with Crippen LogP contribution in [0.15, 0.2) is 23.9 Å². The van der Waals surface area contributed by atoms with Gasteiger partial charge in [-0.2, -0.15) is 0 Å². The Bertz CT molecular complexity index is 331. The Morgan fingerprint density at radius 3 is 1.93 bits per heavy atom. The van der Waals surface area contributed by atoms with Gasteiger partial charge in [0.1, 0.15) is 11.6 Å². The van der Waals surface area contributed by atoms with E-state index in [2.05, 4.69) is 25.3 Å². The van der Waals surface area contributed by atoms with Gasteiger partial charge in [0.15, 0.2) is 0 Å². The van der Waals surface area contributed by atoms with Crippen LogP contribution >= 0.6 is 0 Å². The Balaban J connectivity index is 2.92. The Hall–Kier alpha value is -0.963. The maximum atomic E-state index is 12.8. The Kier molecular flexibility index (Phi) is 3.21. The molecule has 0 spiro atoms. The Morgan fingerprint density at radius 1 is 1.00 bits per heavy atom. The van der Waals surface area contributed by atoms with E-state index in [1.807, 2.05) is 0 Å². The number of rotatable bonds is 2. The van der Waals surface area contributed by atoms with Crippen molar-refractivity contribution < 1.29 is 8.78 Å². The zero-order valence-corrected chi connectivity index (χ0v) is 9.64. The molecule has 1 rings (SSSR count).